The van der Waals surface area contributed by atoms with Crippen LogP contribution in [0.15, 0.2) is 0 Å². The molecular formula is C11H22N2O2. The van der Waals surface area contributed by atoms with Crippen LogP contribution >= 0.6 is 0 Å². The zero-order valence-corrected chi connectivity index (χ0v) is 9.75. The zero-order chi connectivity index (χ0) is 11.3. The lowest BCUT2D eigenvalue weighted by atomic mass is 9.74. The number of hydrogen-bond donors (Lipinski definition) is 2. The van der Waals surface area contributed by atoms with E-state index in [9.17, 15) is 9.90 Å². The third kappa shape index (κ3) is 3.38. The summed E-state index contributed by atoms with van der Waals surface area (Å²) >= 11 is 0. The SMILES string of the molecule is CN(C)C(=O)NCC1(CO)CCCCC1. The van der Waals surface area contributed by atoms with Gasteiger partial charge in [0, 0.05) is 26.1 Å². The molecule has 0 aromatic carbocycles. The summed E-state index contributed by atoms with van der Waals surface area (Å²) in [7, 11) is 3.45. The Labute approximate surface area is 91.6 Å². The van der Waals surface area contributed by atoms with Crippen molar-refractivity contribution in [1.82, 2.24) is 10.2 Å². The third-order valence-electron chi connectivity index (χ3n) is 3.27. The number of urea groups is 1. The second-order valence-electron chi connectivity index (χ2n) is 4.77. The Bertz CT molecular complexity index is 211. The molecule has 1 aliphatic carbocycles. The van der Waals surface area contributed by atoms with E-state index in [-0.39, 0.29) is 18.1 Å². The van der Waals surface area contributed by atoms with Crippen LogP contribution in [0, 0.1) is 5.41 Å². The van der Waals surface area contributed by atoms with Crippen molar-refractivity contribution < 1.29 is 9.90 Å². The van der Waals surface area contributed by atoms with Gasteiger partial charge in [-0.1, -0.05) is 19.3 Å². The first-order chi connectivity index (χ1) is 7.09. The number of amides is 2. The summed E-state index contributed by atoms with van der Waals surface area (Å²) in [5, 5.41) is 12.3. The fourth-order valence-electron chi connectivity index (χ4n) is 2.11. The van der Waals surface area contributed by atoms with Crippen LogP contribution in [-0.2, 0) is 0 Å². The zero-order valence-electron chi connectivity index (χ0n) is 9.75. The van der Waals surface area contributed by atoms with Gasteiger partial charge in [-0.3, -0.25) is 0 Å². The van der Waals surface area contributed by atoms with Gasteiger partial charge in [-0.15, -0.1) is 0 Å². The standard InChI is InChI=1S/C11H22N2O2/c1-13(2)10(15)12-8-11(9-14)6-4-3-5-7-11/h14H,3-9H2,1-2H3,(H,12,15). The van der Waals surface area contributed by atoms with Gasteiger partial charge in [0.15, 0.2) is 0 Å². The molecule has 1 aliphatic rings. The van der Waals surface area contributed by atoms with Crippen molar-refractivity contribution in [3.8, 4) is 0 Å². The van der Waals surface area contributed by atoms with Crippen molar-refractivity contribution in [2.45, 2.75) is 32.1 Å². The molecule has 0 radical (unpaired) electrons. The number of nitrogens with zero attached hydrogens (tertiary/aromatic N) is 1. The van der Waals surface area contributed by atoms with Crippen molar-refractivity contribution in [2.75, 3.05) is 27.2 Å². The minimum absolute atomic E-state index is 0.0656. The highest BCUT2D eigenvalue weighted by Gasteiger charge is 2.31. The molecule has 1 saturated carbocycles. The van der Waals surface area contributed by atoms with Gasteiger partial charge in [0.1, 0.15) is 0 Å². The molecule has 4 nitrogen and oxygen atoms in total. The third-order valence-corrected chi connectivity index (χ3v) is 3.27. The van der Waals surface area contributed by atoms with E-state index in [2.05, 4.69) is 5.32 Å². The van der Waals surface area contributed by atoms with E-state index in [1.54, 1.807) is 14.1 Å². The summed E-state index contributed by atoms with van der Waals surface area (Å²) in [6, 6.07) is -0.0756. The van der Waals surface area contributed by atoms with Crippen LogP contribution in [0.2, 0.25) is 0 Å². The summed E-state index contributed by atoms with van der Waals surface area (Å²) in [4.78, 5) is 12.9. The van der Waals surface area contributed by atoms with E-state index < -0.39 is 0 Å². The van der Waals surface area contributed by atoms with E-state index in [4.69, 9.17) is 0 Å². The number of nitrogens with one attached hydrogen (secondary N) is 1. The van der Waals surface area contributed by atoms with Crippen LogP contribution in [0.25, 0.3) is 0 Å². The van der Waals surface area contributed by atoms with Crippen molar-refractivity contribution in [2.24, 2.45) is 5.41 Å². The highest BCUT2D eigenvalue weighted by molar-refractivity contribution is 5.73. The van der Waals surface area contributed by atoms with Gasteiger partial charge in [-0.05, 0) is 12.8 Å². The van der Waals surface area contributed by atoms with Crippen molar-refractivity contribution >= 4 is 6.03 Å². The first-order valence-electron chi connectivity index (χ1n) is 5.66. The molecule has 0 aromatic rings. The summed E-state index contributed by atoms with van der Waals surface area (Å²) in [5.74, 6) is 0. The van der Waals surface area contributed by atoms with E-state index in [0.717, 1.165) is 12.8 Å². The Morgan fingerprint density at radius 2 is 1.93 bits per heavy atom. The second-order valence-corrected chi connectivity index (χ2v) is 4.77. The maximum absolute atomic E-state index is 11.4. The van der Waals surface area contributed by atoms with E-state index in [0.29, 0.717) is 6.54 Å². The maximum atomic E-state index is 11.4. The van der Waals surface area contributed by atoms with Crippen LogP contribution in [0.4, 0.5) is 4.79 Å². The fourth-order valence-corrected chi connectivity index (χ4v) is 2.11. The molecule has 0 spiro atoms. The van der Waals surface area contributed by atoms with Crippen LogP contribution in [0.5, 0.6) is 0 Å². The minimum Gasteiger partial charge on any atom is -0.396 e. The number of carbonyl (C=O) groups is 1. The molecule has 0 atom stereocenters. The first kappa shape index (κ1) is 12.3. The highest BCUT2D eigenvalue weighted by Crippen LogP contribution is 2.35. The molecule has 0 saturated heterocycles. The summed E-state index contributed by atoms with van der Waals surface area (Å²) in [6.45, 7) is 0.779. The van der Waals surface area contributed by atoms with E-state index >= 15 is 0 Å². The van der Waals surface area contributed by atoms with Crippen LogP contribution in [-0.4, -0.2) is 43.3 Å². The van der Waals surface area contributed by atoms with Crippen LogP contribution in [0.1, 0.15) is 32.1 Å². The lowest BCUT2D eigenvalue weighted by Crippen LogP contribution is -2.44. The molecule has 0 aliphatic heterocycles. The Morgan fingerprint density at radius 3 is 2.40 bits per heavy atom. The molecule has 0 bridgehead atoms. The van der Waals surface area contributed by atoms with Gasteiger partial charge in [-0.25, -0.2) is 4.79 Å². The first-order valence-corrected chi connectivity index (χ1v) is 5.66. The van der Waals surface area contributed by atoms with Gasteiger partial charge in [-0.2, -0.15) is 0 Å². The molecule has 4 heteroatoms. The number of rotatable bonds is 3. The maximum Gasteiger partial charge on any atom is 0.316 e. The second kappa shape index (κ2) is 5.35. The summed E-state index contributed by atoms with van der Waals surface area (Å²) in [6.07, 6.45) is 5.63. The quantitative estimate of drug-likeness (QED) is 0.741. The molecule has 1 rings (SSSR count). The molecule has 0 heterocycles. The number of hydrogen-bond acceptors (Lipinski definition) is 2. The number of aliphatic hydroxyl groups excluding tert-OH is 1. The smallest absolute Gasteiger partial charge is 0.316 e. The Kier molecular flexibility index (Phi) is 4.39. The molecule has 15 heavy (non-hydrogen) atoms. The average Bonchev–Trinajstić information content (AvgIpc) is 2.27. The van der Waals surface area contributed by atoms with Gasteiger partial charge >= 0.3 is 6.03 Å². The molecule has 88 valence electrons. The summed E-state index contributed by atoms with van der Waals surface area (Å²) in [5.41, 5.74) is -0.0656. The topological polar surface area (TPSA) is 52.6 Å². The number of aliphatic hydroxyl groups is 1. The normalized spacial score (nSPS) is 19.7. The van der Waals surface area contributed by atoms with Crippen molar-refractivity contribution in [1.29, 1.82) is 0 Å². The lowest BCUT2D eigenvalue weighted by Gasteiger charge is -2.35. The number of carbonyl (C=O) groups excluding carboxylic acids is 1. The van der Waals surface area contributed by atoms with E-state index in [1.807, 2.05) is 0 Å². The van der Waals surface area contributed by atoms with Crippen LogP contribution < -0.4 is 5.32 Å². The predicted octanol–water partition coefficient (Wildman–Crippen LogP) is 1.20. The molecule has 2 amide bonds. The van der Waals surface area contributed by atoms with E-state index in [1.165, 1.54) is 24.2 Å². The van der Waals surface area contributed by atoms with Crippen LogP contribution in [0.3, 0.4) is 0 Å². The Hall–Kier alpha value is -0.770. The molecule has 1 fully saturated rings. The largest absolute Gasteiger partial charge is 0.396 e. The summed E-state index contributed by atoms with van der Waals surface area (Å²) < 4.78 is 0. The minimum atomic E-state index is -0.0756. The molecule has 0 aromatic heterocycles. The average molecular weight is 214 g/mol. The van der Waals surface area contributed by atoms with Gasteiger partial charge < -0.3 is 15.3 Å². The Morgan fingerprint density at radius 1 is 1.33 bits per heavy atom. The fraction of sp³-hybridized carbons (Fsp3) is 0.909. The van der Waals surface area contributed by atoms with Gasteiger partial charge in [0.2, 0.25) is 0 Å². The highest BCUT2D eigenvalue weighted by atomic mass is 16.3. The van der Waals surface area contributed by atoms with Gasteiger partial charge in [0.25, 0.3) is 0 Å². The molecule has 2 N–H and O–H groups in total. The molecule has 0 unspecified atom stereocenters. The van der Waals surface area contributed by atoms with Gasteiger partial charge in [0.05, 0.1) is 6.61 Å². The predicted molar refractivity (Wildman–Crippen MR) is 59.7 cm³/mol. The molecular weight excluding hydrogens is 192 g/mol. The van der Waals surface area contributed by atoms with Crippen molar-refractivity contribution in [3.63, 3.8) is 0 Å². The Balaban J connectivity index is 2.42. The van der Waals surface area contributed by atoms with Crippen molar-refractivity contribution in [3.05, 3.63) is 0 Å². The lowest BCUT2D eigenvalue weighted by molar-refractivity contribution is 0.0822. The monoisotopic (exact) mass is 214 g/mol.